The minimum Gasteiger partial charge on any atom is -0.497 e. The smallest absolute Gasteiger partial charge is 0.250 e. The van der Waals surface area contributed by atoms with Crippen LogP contribution in [0.3, 0.4) is 0 Å². The van der Waals surface area contributed by atoms with Gasteiger partial charge in [0.15, 0.2) is 5.13 Å². The Hall–Kier alpha value is -2.14. The van der Waals surface area contributed by atoms with Crippen molar-refractivity contribution in [3.63, 3.8) is 0 Å². The Morgan fingerprint density at radius 2 is 2.26 bits per heavy atom. The minimum absolute atomic E-state index is 0.191. The summed E-state index contributed by atoms with van der Waals surface area (Å²) in [6.45, 7) is 1.89. The van der Waals surface area contributed by atoms with Crippen molar-refractivity contribution in [1.82, 2.24) is 4.98 Å². The third kappa shape index (κ3) is 3.42. The van der Waals surface area contributed by atoms with Crippen molar-refractivity contribution in [3.05, 3.63) is 42.5 Å². The first-order valence-electron chi connectivity index (χ1n) is 5.78. The SMILES string of the molecule is C/C=C/C=C/C(=O)Nc1nc2ccc(OC)cc2s1. The summed E-state index contributed by atoms with van der Waals surface area (Å²) in [5.41, 5.74) is 0.846. The monoisotopic (exact) mass is 274 g/mol. The van der Waals surface area contributed by atoms with E-state index in [1.54, 1.807) is 19.3 Å². The molecule has 2 aromatic rings. The van der Waals surface area contributed by atoms with E-state index in [0.717, 1.165) is 16.0 Å². The summed E-state index contributed by atoms with van der Waals surface area (Å²) >= 11 is 1.42. The Bertz CT molecular complexity index is 644. The summed E-state index contributed by atoms with van der Waals surface area (Å²) in [6.07, 6.45) is 6.80. The maximum atomic E-state index is 11.6. The number of ether oxygens (including phenoxy) is 1. The lowest BCUT2D eigenvalue weighted by Gasteiger charge is -1.96. The number of hydrogen-bond donors (Lipinski definition) is 1. The highest BCUT2D eigenvalue weighted by molar-refractivity contribution is 7.22. The summed E-state index contributed by atoms with van der Waals surface area (Å²) in [6, 6.07) is 5.62. The lowest BCUT2D eigenvalue weighted by molar-refractivity contribution is -0.111. The van der Waals surface area contributed by atoms with Gasteiger partial charge >= 0.3 is 0 Å². The first-order chi connectivity index (χ1) is 9.22. The summed E-state index contributed by atoms with van der Waals surface area (Å²) in [5.74, 6) is 0.589. The van der Waals surface area contributed by atoms with Crippen LogP contribution >= 0.6 is 11.3 Å². The number of thiazole rings is 1. The quantitative estimate of drug-likeness (QED) is 0.687. The number of nitrogens with one attached hydrogen (secondary N) is 1. The van der Waals surface area contributed by atoms with Crippen molar-refractivity contribution in [3.8, 4) is 5.75 Å². The molecule has 0 radical (unpaired) electrons. The average molecular weight is 274 g/mol. The Morgan fingerprint density at radius 3 is 3.00 bits per heavy atom. The zero-order valence-corrected chi connectivity index (χ0v) is 11.5. The molecule has 5 heteroatoms. The molecular formula is C14H14N2O2S. The van der Waals surface area contributed by atoms with Gasteiger partial charge in [0.1, 0.15) is 5.75 Å². The number of anilines is 1. The molecule has 1 N–H and O–H groups in total. The van der Waals surface area contributed by atoms with E-state index in [2.05, 4.69) is 10.3 Å². The van der Waals surface area contributed by atoms with Gasteiger partial charge in [-0.3, -0.25) is 10.1 Å². The van der Waals surface area contributed by atoms with Crippen LogP contribution < -0.4 is 10.1 Å². The molecule has 1 aromatic heterocycles. The first-order valence-corrected chi connectivity index (χ1v) is 6.59. The molecule has 4 nitrogen and oxygen atoms in total. The van der Waals surface area contributed by atoms with E-state index in [1.165, 1.54) is 17.4 Å². The Kier molecular flexibility index (Phi) is 4.30. The second kappa shape index (κ2) is 6.15. The van der Waals surface area contributed by atoms with Crippen molar-refractivity contribution in [1.29, 1.82) is 0 Å². The number of aromatic nitrogens is 1. The van der Waals surface area contributed by atoms with Gasteiger partial charge in [0.05, 0.1) is 17.3 Å². The number of methoxy groups -OCH3 is 1. The van der Waals surface area contributed by atoms with E-state index in [0.29, 0.717) is 5.13 Å². The molecule has 1 heterocycles. The highest BCUT2D eigenvalue weighted by atomic mass is 32.1. The van der Waals surface area contributed by atoms with Gasteiger partial charge in [-0.15, -0.1) is 0 Å². The third-order valence-electron chi connectivity index (χ3n) is 2.38. The van der Waals surface area contributed by atoms with Crippen molar-refractivity contribution in [2.24, 2.45) is 0 Å². The van der Waals surface area contributed by atoms with E-state index in [-0.39, 0.29) is 5.91 Å². The lowest BCUT2D eigenvalue weighted by Crippen LogP contribution is -2.06. The van der Waals surface area contributed by atoms with Crippen LogP contribution in [0.1, 0.15) is 6.92 Å². The number of amides is 1. The molecule has 0 aliphatic heterocycles. The maximum Gasteiger partial charge on any atom is 0.250 e. The number of nitrogens with zero attached hydrogens (tertiary/aromatic N) is 1. The fraction of sp³-hybridized carbons (Fsp3) is 0.143. The largest absolute Gasteiger partial charge is 0.497 e. The van der Waals surface area contributed by atoms with Gasteiger partial charge in [0, 0.05) is 6.08 Å². The normalized spacial score (nSPS) is 11.5. The van der Waals surface area contributed by atoms with Crippen LogP contribution in [0.2, 0.25) is 0 Å². The van der Waals surface area contributed by atoms with Gasteiger partial charge in [-0.1, -0.05) is 29.6 Å². The van der Waals surface area contributed by atoms with E-state index >= 15 is 0 Å². The van der Waals surface area contributed by atoms with Gasteiger partial charge in [-0.2, -0.15) is 0 Å². The summed E-state index contributed by atoms with van der Waals surface area (Å²) < 4.78 is 6.13. The zero-order chi connectivity index (χ0) is 13.7. The number of allylic oxidation sites excluding steroid dienone is 3. The van der Waals surface area contributed by atoms with Gasteiger partial charge in [0.2, 0.25) is 5.91 Å². The topological polar surface area (TPSA) is 51.2 Å². The van der Waals surface area contributed by atoms with E-state index < -0.39 is 0 Å². The third-order valence-corrected chi connectivity index (χ3v) is 3.31. The molecule has 98 valence electrons. The van der Waals surface area contributed by atoms with Crippen LogP contribution in [0, 0.1) is 0 Å². The minimum atomic E-state index is -0.191. The molecular weight excluding hydrogens is 260 g/mol. The van der Waals surface area contributed by atoms with Crippen LogP contribution in [-0.4, -0.2) is 18.0 Å². The second-order valence-corrected chi connectivity index (χ2v) is 4.76. The molecule has 1 amide bonds. The van der Waals surface area contributed by atoms with Crippen LogP contribution in [0.15, 0.2) is 42.5 Å². The van der Waals surface area contributed by atoms with Gasteiger partial charge in [0.25, 0.3) is 0 Å². The number of fused-ring (bicyclic) bond motifs is 1. The second-order valence-electron chi connectivity index (χ2n) is 3.73. The molecule has 0 spiro atoms. The Labute approximate surface area is 115 Å². The van der Waals surface area contributed by atoms with Gasteiger partial charge in [-0.05, 0) is 25.1 Å². The predicted molar refractivity (Wildman–Crippen MR) is 78.8 cm³/mol. The molecule has 0 atom stereocenters. The Balaban J connectivity index is 2.15. The van der Waals surface area contributed by atoms with E-state index in [1.807, 2.05) is 31.2 Å². The van der Waals surface area contributed by atoms with Crippen molar-refractivity contribution in [2.75, 3.05) is 12.4 Å². The average Bonchev–Trinajstić information content (AvgIpc) is 2.79. The molecule has 0 bridgehead atoms. The van der Waals surface area contributed by atoms with Crippen LogP contribution in [0.25, 0.3) is 10.2 Å². The molecule has 0 saturated heterocycles. The number of hydrogen-bond acceptors (Lipinski definition) is 4. The fourth-order valence-electron chi connectivity index (χ4n) is 1.49. The molecule has 0 fully saturated rings. The van der Waals surface area contributed by atoms with Crippen molar-refractivity contribution < 1.29 is 9.53 Å². The van der Waals surface area contributed by atoms with Crippen molar-refractivity contribution >= 4 is 32.6 Å². The predicted octanol–water partition coefficient (Wildman–Crippen LogP) is 3.38. The molecule has 0 aliphatic carbocycles. The molecule has 0 unspecified atom stereocenters. The molecule has 2 rings (SSSR count). The summed E-state index contributed by atoms with van der Waals surface area (Å²) in [5, 5.41) is 3.32. The van der Waals surface area contributed by atoms with Crippen LogP contribution in [0.4, 0.5) is 5.13 Å². The maximum absolute atomic E-state index is 11.6. The Morgan fingerprint density at radius 1 is 1.42 bits per heavy atom. The molecule has 0 saturated carbocycles. The number of carbonyl (C=O) groups excluding carboxylic acids is 1. The number of rotatable bonds is 4. The highest BCUT2D eigenvalue weighted by Crippen LogP contribution is 2.29. The summed E-state index contributed by atoms with van der Waals surface area (Å²) in [4.78, 5) is 15.9. The highest BCUT2D eigenvalue weighted by Gasteiger charge is 2.06. The standard InChI is InChI=1S/C14H14N2O2S/c1-3-4-5-6-13(17)16-14-15-11-8-7-10(18-2)9-12(11)19-14/h3-9H,1-2H3,(H,15,16,17)/b4-3+,6-5+. The molecule has 19 heavy (non-hydrogen) atoms. The number of carbonyl (C=O) groups is 1. The first kappa shape index (κ1) is 13.3. The molecule has 1 aromatic carbocycles. The molecule has 0 aliphatic rings. The van der Waals surface area contributed by atoms with Crippen LogP contribution in [0.5, 0.6) is 5.75 Å². The zero-order valence-electron chi connectivity index (χ0n) is 10.7. The van der Waals surface area contributed by atoms with E-state index in [4.69, 9.17) is 4.74 Å². The summed E-state index contributed by atoms with van der Waals surface area (Å²) in [7, 11) is 1.62. The number of benzene rings is 1. The van der Waals surface area contributed by atoms with Crippen molar-refractivity contribution in [2.45, 2.75) is 6.92 Å². The van der Waals surface area contributed by atoms with E-state index in [9.17, 15) is 4.79 Å². The lowest BCUT2D eigenvalue weighted by atomic mass is 10.3. The van der Waals surface area contributed by atoms with Gasteiger partial charge < -0.3 is 4.74 Å². The van der Waals surface area contributed by atoms with Crippen LogP contribution in [-0.2, 0) is 4.79 Å². The van der Waals surface area contributed by atoms with Gasteiger partial charge in [-0.25, -0.2) is 4.98 Å². The fourth-order valence-corrected chi connectivity index (χ4v) is 2.38.